The van der Waals surface area contributed by atoms with Gasteiger partial charge in [-0.15, -0.1) is 0 Å². The van der Waals surface area contributed by atoms with Crippen LogP contribution in [-0.4, -0.2) is 32.9 Å². The number of nitrogens with one attached hydrogen (secondary N) is 3. The van der Waals surface area contributed by atoms with E-state index in [1.54, 1.807) is 37.3 Å². The molecule has 3 aromatic carbocycles. The van der Waals surface area contributed by atoms with Gasteiger partial charge in [-0.2, -0.15) is 4.72 Å². The summed E-state index contributed by atoms with van der Waals surface area (Å²) in [6.07, 6.45) is 0.146. The van der Waals surface area contributed by atoms with Crippen molar-refractivity contribution < 1.29 is 22.7 Å². The number of carbonyl (C=O) groups excluding carboxylic acids is 2. The molecular weight excluding hydrogens is 466 g/mol. The SMILES string of the molecule is CCOc1ccc(S(=O)(=O)NC(Cc2ccccc2)C(=O)Nc2cccc(NC(C)=O)c2)cc1C. The lowest BCUT2D eigenvalue weighted by atomic mass is 10.1. The van der Waals surface area contributed by atoms with Gasteiger partial charge in [-0.25, -0.2) is 8.42 Å². The molecule has 1 atom stereocenters. The van der Waals surface area contributed by atoms with E-state index < -0.39 is 22.0 Å². The molecule has 0 aliphatic heterocycles. The number of anilines is 2. The van der Waals surface area contributed by atoms with E-state index in [1.165, 1.54) is 19.1 Å². The van der Waals surface area contributed by atoms with Crippen molar-refractivity contribution in [3.63, 3.8) is 0 Å². The van der Waals surface area contributed by atoms with Crippen LogP contribution in [0.4, 0.5) is 11.4 Å². The summed E-state index contributed by atoms with van der Waals surface area (Å²) in [5.74, 6) is -0.169. The van der Waals surface area contributed by atoms with E-state index in [9.17, 15) is 18.0 Å². The third-order valence-corrected chi connectivity index (χ3v) is 6.57. The summed E-state index contributed by atoms with van der Waals surface area (Å²) >= 11 is 0. The number of rotatable bonds is 10. The Morgan fingerprint density at radius 3 is 2.23 bits per heavy atom. The molecule has 0 aromatic heterocycles. The molecule has 3 rings (SSSR count). The van der Waals surface area contributed by atoms with E-state index >= 15 is 0 Å². The van der Waals surface area contributed by atoms with Crippen molar-refractivity contribution >= 4 is 33.2 Å². The second-order valence-corrected chi connectivity index (χ2v) is 9.69. The molecule has 0 saturated carbocycles. The zero-order valence-electron chi connectivity index (χ0n) is 19.9. The maximum absolute atomic E-state index is 13.2. The molecule has 0 spiro atoms. The van der Waals surface area contributed by atoms with Crippen molar-refractivity contribution in [1.29, 1.82) is 0 Å². The minimum atomic E-state index is -4.02. The van der Waals surface area contributed by atoms with Crippen molar-refractivity contribution in [3.8, 4) is 5.75 Å². The van der Waals surface area contributed by atoms with Crippen LogP contribution >= 0.6 is 0 Å². The van der Waals surface area contributed by atoms with Gasteiger partial charge < -0.3 is 15.4 Å². The van der Waals surface area contributed by atoms with Gasteiger partial charge >= 0.3 is 0 Å². The molecule has 0 aliphatic carbocycles. The van der Waals surface area contributed by atoms with Crippen LogP contribution in [0.2, 0.25) is 0 Å². The Kier molecular flexibility index (Phi) is 8.62. The van der Waals surface area contributed by atoms with Gasteiger partial charge in [-0.3, -0.25) is 9.59 Å². The third kappa shape index (κ3) is 7.40. The van der Waals surface area contributed by atoms with Gasteiger partial charge in [-0.05, 0) is 67.8 Å². The fraction of sp³-hybridized carbons (Fsp3) is 0.231. The monoisotopic (exact) mass is 495 g/mol. The number of sulfonamides is 1. The van der Waals surface area contributed by atoms with E-state index in [1.807, 2.05) is 37.3 Å². The number of hydrogen-bond donors (Lipinski definition) is 3. The van der Waals surface area contributed by atoms with Gasteiger partial charge in [0.2, 0.25) is 21.8 Å². The van der Waals surface area contributed by atoms with Crippen LogP contribution in [0.1, 0.15) is 25.0 Å². The van der Waals surface area contributed by atoms with Gasteiger partial charge in [0.05, 0.1) is 11.5 Å². The standard InChI is InChI=1S/C26H29N3O5S/c1-4-34-25-14-13-23(15-18(25)2)35(32,33)29-24(16-20-9-6-5-7-10-20)26(31)28-22-12-8-11-21(17-22)27-19(3)30/h5-15,17,24,29H,4,16H2,1-3H3,(H,27,30)(H,28,31). The predicted octanol–water partition coefficient (Wildman–Crippen LogP) is 3.88. The van der Waals surface area contributed by atoms with Crippen molar-refractivity contribution in [2.45, 2.75) is 38.1 Å². The minimum absolute atomic E-state index is 0.0389. The van der Waals surface area contributed by atoms with E-state index in [0.29, 0.717) is 29.3 Å². The molecule has 0 saturated heterocycles. The Balaban J connectivity index is 1.86. The first-order valence-electron chi connectivity index (χ1n) is 11.2. The lowest BCUT2D eigenvalue weighted by molar-refractivity contribution is -0.117. The number of hydrogen-bond acceptors (Lipinski definition) is 5. The summed E-state index contributed by atoms with van der Waals surface area (Å²) in [6, 6.07) is 19.3. The lowest BCUT2D eigenvalue weighted by Crippen LogP contribution is -2.45. The fourth-order valence-electron chi connectivity index (χ4n) is 3.51. The maximum atomic E-state index is 13.2. The minimum Gasteiger partial charge on any atom is -0.494 e. The van der Waals surface area contributed by atoms with E-state index in [0.717, 1.165) is 5.56 Å². The molecule has 184 valence electrons. The van der Waals surface area contributed by atoms with Gasteiger partial charge in [-0.1, -0.05) is 36.4 Å². The maximum Gasteiger partial charge on any atom is 0.242 e. The van der Waals surface area contributed by atoms with Crippen LogP contribution in [0.15, 0.2) is 77.7 Å². The van der Waals surface area contributed by atoms with Crippen LogP contribution in [0, 0.1) is 6.92 Å². The number of aryl methyl sites for hydroxylation is 1. The van der Waals surface area contributed by atoms with Gasteiger partial charge in [0.1, 0.15) is 11.8 Å². The normalized spacial score (nSPS) is 12.0. The first-order valence-corrected chi connectivity index (χ1v) is 12.6. The first kappa shape index (κ1) is 25.9. The van der Waals surface area contributed by atoms with Crippen LogP contribution < -0.4 is 20.1 Å². The average molecular weight is 496 g/mol. The Morgan fingerprint density at radius 1 is 0.914 bits per heavy atom. The molecule has 0 heterocycles. The Morgan fingerprint density at radius 2 is 1.60 bits per heavy atom. The average Bonchev–Trinajstić information content (AvgIpc) is 2.80. The highest BCUT2D eigenvalue weighted by Crippen LogP contribution is 2.22. The zero-order chi connectivity index (χ0) is 25.4. The molecule has 0 aliphatic rings. The van der Waals surface area contributed by atoms with Crippen LogP contribution in [-0.2, 0) is 26.0 Å². The van der Waals surface area contributed by atoms with Crippen molar-refractivity contribution in [2.24, 2.45) is 0 Å². The van der Waals surface area contributed by atoms with Crippen molar-refractivity contribution in [2.75, 3.05) is 17.2 Å². The van der Waals surface area contributed by atoms with Crippen molar-refractivity contribution in [3.05, 3.63) is 83.9 Å². The van der Waals surface area contributed by atoms with E-state index in [2.05, 4.69) is 15.4 Å². The fourth-order valence-corrected chi connectivity index (χ4v) is 4.79. The number of benzene rings is 3. The number of carbonyl (C=O) groups is 2. The van der Waals surface area contributed by atoms with E-state index in [4.69, 9.17) is 4.74 Å². The summed E-state index contributed by atoms with van der Waals surface area (Å²) < 4.78 is 34.5. The number of ether oxygens (including phenoxy) is 1. The molecule has 0 radical (unpaired) electrons. The summed E-state index contributed by atoms with van der Waals surface area (Å²) in [5.41, 5.74) is 2.41. The summed E-state index contributed by atoms with van der Waals surface area (Å²) in [4.78, 5) is 24.6. The topological polar surface area (TPSA) is 114 Å². The molecule has 8 nitrogen and oxygen atoms in total. The molecule has 0 bridgehead atoms. The van der Waals surface area contributed by atoms with Gasteiger partial charge in [0, 0.05) is 18.3 Å². The van der Waals surface area contributed by atoms with Crippen LogP contribution in [0.3, 0.4) is 0 Å². The highest BCUT2D eigenvalue weighted by molar-refractivity contribution is 7.89. The molecule has 3 aromatic rings. The number of amides is 2. The Hall–Kier alpha value is -3.69. The Labute approximate surface area is 205 Å². The highest BCUT2D eigenvalue weighted by Gasteiger charge is 2.27. The summed E-state index contributed by atoms with van der Waals surface area (Å²) in [5, 5.41) is 5.40. The third-order valence-electron chi connectivity index (χ3n) is 5.10. The molecule has 9 heteroatoms. The molecule has 3 N–H and O–H groups in total. The zero-order valence-corrected chi connectivity index (χ0v) is 20.7. The second-order valence-electron chi connectivity index (χ2n) is 7.98. The Bertz CT molecular complexity index is 1290. The van der Waals surface area contributed by atoms with Gasteiger partial charge in [0.15, 0.2) is 0 Å². The molecule has 2 amide bonds. The van der Waals surface area contributed by atoms with Crippen LogP contribution in [0.25, 0.3) is 0 Å². The summed E-state index contributed by atoms with van der Waals surface area (Å²) in [6.45, 7) is 5.47. The van der Waals surface area contributed by atoms with Crippen molar-refractivity contribution in [1.82, 2.24) is 4.72 Å². The lowest BCUT2D eigenvalue weighted by Gasteiger charge is -2.19. The highest BCUT2D eigenvalue weighted by atomic mass is 32.2. The molecular formula is C26H29N3O5S. The second kappa shape index (κ2) is 11.6. The smallest absolute Gasteiger partial charge is 0.242 e. The largest absolute Gasteiger partial charge is 0.494 e. The molecule has 35 heavy (non-hydrogen) atoms. The first-order chi connectivity index (χ1) is 16.7. The predicted molar refractivity (Wildman–Crippen MR) is 136 cm³/mol. The molecule has 0 fully saturated rings. The van der Waals surface area contributed by atoms with Crippen LogP contribution in [0.5, 0.6) is 5.75 Å². The summed E-state index contributed by atoms with van der Waals surface area (Å²) in [7, 11) is -4.02. The molecule has 1 unspecified atom stereocenters. The van der Waals surface area contributed by atoms with Gasteiger partial charge in [0.25, 0.3) is 0 Å². The van der Waals surface area contributed by atoms with E-state index in [-0.39, 0.29) is 17.2 Å². The quantitative estimate of drug-likeness (QED) is 0.395.